The molecule has 2 nitrogen and oxygen atoms in total. The molecule has 1 aliphatic heterocycles. The fourth-order valence-corrected chi connectivity index (χ4v) is 2.26. The van der Waals surface area contributed by atoms with Gasteiger partial charge in [-0.1, -0.05) is 29.3 Å². The first kappa shape index (κ1) is 15.1. The molecule has 96 valence electrons. The molecule has 0 atom stereocenters. The molecule has 5 heteroatoms. The lowest BCUT2D eigenvalue weighted by atomic mass is 10.1. The molecule has 2 N–H and O–H groups in total. The van der Waals surface area contributed by atoms with Gasteiger partial charge >= 0.3 is 0 Å². The van der Waals surface area contributed by atoms with Gasteiger partial charge < -0.3 is 10.6 Å². The molecule has 1 fully saturated rings. The molecule has 17 heavy (non-hydrogen) atoms. The number of hydrogen-bond acceptors (Lipinski definition) is 2. The lowest BCUT2D eigenvalue weighted by molar-refractivity contribution is 0.386. The van der Waals surface area contributed by atoms with Crippen LogP contribution in [-0.4, -0.2) is 19.1 Å². The van der Waals surface area contributed by atoms with Crippen LogP contribution in [0.5, 0.6) is 0 Å². The summed E-state index contributed by atoms with van der Waals surface area (Å²) >= 11 is 11.8. The van der Waals surface area contributed by atoms with Crippen molar-refractivity contribution in [3.05, 3.63) is 33.8 Å². The normalized spacial score (nSPS) is 16.6. The Bertz CT molecular complexity index is 352. The minimum atomic E-state index is 0. The first-order valence-corrected chi connectivity index (χ1v) is 6.39. The number of hydrogen-bond donors (Lipinski definition) is 2. The van der Waals surface area contributed by atoms with Gasteiger partial charge in [-0.2, -0.15) is 0 Å². The van der Waals surface area contributed by atoms with Gasteiger partial charge in [0, 0.05) is 12.6 Å². The quantitative estimate of drug-likeness (QED) is 0.894. The summed E-state index contributed by atoms with van der Waals surface area (Å²) in [5, 5.41) is 8.14. The van der Waals surface area contributed by atoms with Crippen molar-refractivity contribution in [3.8, 4) is 0 Å². The van der Waals surface area contributed by atoms with Gasteiger partial charge in [-0.05, 0) is 43.6 Å². The zero-order valence-electron chi connectivity index (χ0n) is 9.51. The van der Waals surface area contributed by atoms with E-state index in [1.807, 2.05) is 18.2 Å². The van der Waals surface area contributed by atoms with Crippen molar-refractivity contribution in [1.29, 1.82) is 0 Å². The van der Waals surface area contributed by atoms with E-state index in [0.29, 0.717) is 16.1 Å². The molecule has 2 rings (SSSR count). The minimum Gasteiger partial charge on any atom is -0.317 e. The molecule has 0 spiro atoms. The summed E-state index contributed by atoms with van der Waals surface area (Å²) in [6.07, 6.45) is 2.39. The number of nitrogens with one attached hydrogen (secondary N) is 2. The largest absolute Gasteiger partial charge is 0.317 e. The monoisotopic (exact) mass is 294 g/mol. The molecule has 0 bridgehead atoms. The number of rotatable bonds is 3. The van der Waals surface area contributed by atoms with Crippen molar-refractivity contribution >= 4 is 35.6 Å². The Morgan fingerprint density at radius 3 is 2.53 bits per heavy atom. The maximum absolute atomic E-state index is 5.97. The highest BCUT2D eigenvalue weighted by atomic mass is 35.5. The Hall–Kier alpha value is 0.01000. The fourth-order valence-electron chi connectivity index (χ4n) is 1.94. The van der Waals surface area contributed by atoms with Crippen LogP contribution in [-0.2, 0) is 6.54 Å². The van der Waals surface area contributed by atoms with Gasteiger partial charge in [0.1, 0.15) is 0 Å². The molecule has 0 aliphatic carbocycles. The summed E-state index contributed by atoms with van der Waals surface area (Å²) in [6.45, 7) is 3.08. The predicted molar refractivity (Wildman–Crippen MR) is 76.4 cm³/mol. The van der Waals surface area contributed by atoms with Crippen molar-refractivity contribution in [3.63, 3.8) is 0 Å². The maximum Gasteiger partial charge on any atom is 0.0595 e. The van der Waals surface area contributed by atoms with Gasteiger partial charge in [-0.25, -0.2) is 0 Å². The zero-order chi connectivity index (χ0) is 11.4. The summed E-state index contributed by atoms with van der Waals surface area (Å²) in [4.78, 5) is 0. The molecule has 0 unspecified atom stereocenters. The molecular weight excluding hydrogens is 279 g/mol. The van der Waals surface area contributed by atoms with Crippen molar-refractivity contribution in [2.45, 2.75) is 25.4 Å². The van der Waals surface area contributed by atoms with Crippen molar-refractivity contribution in [2.75, 3.05) is 13.1 Å². The van der Waals surface area contributed by atoms with E-state index in [1.165, 1.54) is 18.4 Å². The summed E-state index contributed by atoms with van der Waals surface area (Å²) in [7, 11) is 0. The summed E-state index contributed by atoms with van der Waals surface area (Å²) < 4.78 is 0. The molecule has 0 saturated carbocycles. The van der Waals surface area contributed by atoms with E-state index in [0.717, 1.165) is 19.6 Å². The molecule has 0 amide bonds. The smallest absolute Gasteiger partial charge is 0.0595 e. The van der Waals surface area contributed by atoms with Gasteiger partial charge in [0.2, 0.25) is 0 Å². The SMILES string of the molecule is Cl.Clc1ccc(CNC2CCNCC2)cc1Cl. The number of piperidine rings is 1. The van der Waals surface area contributed by atoms with Crippen LogP contribution < -0.4 is 10.6 Å². The van der Waals surface area contributed by atoms with Gasteiger partial charge in [0.15, 0.2) is 0 Å². The molecule has 0 radical (unpaired) electrons. The highest BCUT2D eigenvalue weighted by molar-refractivity contribution is 6.42. The van der Waals surface area contributed by atoms with E-state index in [1.54, 1.807) is 0 Å². The highest BCUT2D eigenvalue weighted by Gasteiger charge is 2.11. The van der Waals surface area contributed by atoms with Crippen LogP contribution in [0.25, 0.3) is 0 Å². The first-order valence-electron chi connectivity index (χ1n) is 5.64. The van der Waals surface area contributed by atoms with Crippen LogP contribution in [0, 0.1) is 0 Å². The van der Waals surface area contributed by atoms with Crippen molar-refractivity contribution in [2.24, 2.45) is 0 Å². The Labute approximate surface area is 118 Å². The van der Waals surface area contributed by atoms with E-state index in [9.17, 15) is 0 Å². The molecular formula is C12H17Cl3N2. The molecule has 0 aromatic heterocycles. The van der Waals surface area contributed by atoms with Crippen LogP contribution in [0.4, 0.5) is 0 Å². The third kappa shape index (κ3) is 4.65. The lowest BCUT2D eigenvalue weighted by Gasteiger charge is -2.23. The van der Waals surface area contributed by atoms with Crippen LogP contribution in [0.2, 0.25) is 10.0 Å². The third-order valence-corrected chi connectivity index (χ3v) is 3.66. The van der Waals surface area contributed by atoms with Crippen LogP contribution in [0.15, 0.2) is 18.2 Å². The third-order valence-electron chi connectivity index (χ3n) is 2.92. The van der Waals surface area contributed by atoms with E-state index < -0.39 is 0 Å². The van der Waals surface area contributed by atoms with E-state index in [-0.39, 0.29) is 12.4 Å². The molecule has 1 aliphatic rings. The van der Waals surface area contributed by atoms with Gasteiger partial charge in [0.25, 0.3) is 0 Å². The summed E-state index contributed by atoms with van der Waals surface area (Å²) in [6, 6.07) is 6.42. The fraction of sp³-hybridized carbons (Fsp3) is 0.500. The standard InChI is InChI=1S/C12H16Cl2N2.ClH/c13-11-2-1-9(7-12(11)14)8-16-10-3-5-15-6-4-10;/h1-2,7,10,15-16H,3-6,8H2;1H. The Kier molecular flexibility index (Phi) is 6.60. The predicted octanol–water partition coefficient (Wildman–Crippen LogP) is 3.26. The van der Waals surface area contributed by atoms with Crippen molar-refractivity contribution in [1.82, 2.24) is 10.6 Å². The minimum absolute atomic E-state index is 0. The second-order valence-corrected chi connectivity index (χ2v) is 4.97. The average Bonchev–Trinajstić information content (AvgIpc) is 2.32. The second kappa shape index (κ2) is 7.45. The Balaban J connectivity index is 0.00000144. The first-order chi connectivity index (χ1) is 7.75. The Morgan fingerprint density at radius 2 is 1.88 bits per heavy atom. The van der Waals surface area contributed by atoms with Gasteiger partial charge in [0.05, 0.1) is 10.0 Å². The highest BCUT2D eigenvalue weighted by Crippen LogP contribution is 2.22. The zero-order valence-corrected chi connectivity index (χ0v) is 11.8. The molecule has 1 heterocycles. The molecule has 1 aromatic rings. The summed E-state index contributed by atoms with van der Waals surface area (Å²) in [5.74, 6) is 0. The maximum atomic E-state index is 5.97. The lowest BCUT2D eigenvalue weighted by Crippen LogP contribution is -2.39. The second-order valence-electron chi connectivity index (χ2n) is 4.15. The van der Waals surface area contributed by atoms with Gasteiger partial charge in [-0.15, -0.1) is 12.4 Å². The van der Waals surface area contributed by atoms with Crippen LogP contribution >= 0.6 is 35.6 Å². The van der Waals surface area contributed by atoms with E-state index >= 15 is 0 Å². The topological polar surface area (TPSA) is 24.1 Å². The summed E-state index contributed by atoms with van der Waals surface area (Å²) in [5.41, 5.74) is 1.19. The van der Waals surface area contributed by atoms with Crippen LogP contribution in [0.1, 0.15) is 18.4 Å². The van der Waals surface area contributed by atoms with Crippen LogP contribution in [0.3, 0.4) is 0 Å². The van der Waals surface area contributed by atoms with E-state index in [2.05, 4.69) is 10.6 Å². The molecule has 1 saturated heterocycles. The average molecular weight is 296 g/mol. The van der Waals surface area contributed by atoms with Gasteiger partial charge in [-0.3, -0.25) is 0 Å². The Morgan fingerprint density at radius 1 is 1.18 bits per heavy atom. The number of halogens is 3. The van der Waals surface area contributed by atoms with Crippen molar-refractivity contribution < 1.29 is 0 Å². The number of benzene rings is 1. The molecule has 1 aromatic carbocycles. The van der Waals surface area contributed by atoms with E-state index in [4.69, 9.17) is 23.2 Å².